The van der Waals surface area contributed by atoms with Gasteiger partial charge in [-0.05, 0) is 69.0 Å². The third-order valence-electron chi connectivity index (χ3n) is 6.96. The summed E-state index contributed by atoms with van der Waals surface area (Å²) in [7, 11) is 1.94. The molecule has 7 nitrogen and oxygen atoms in total. The lowest BCUT2D eigenvalue weighted by molar-refractivity contribution is -0.132. The summed E-state index contributed by atoms with van der Waals surface area (Å²) in [5.74, 6) is 0.613. The molecule has 5 rings (SSSR count). The summed E-state index contributed by atoms with van der Waals surface area (Å²) >= 11 is 0. The summed E-state index contributed by atoms with van der Waals surface area (Å²) in [6, 6.07) is 8.55. The van der Waals surface area contributed by atoms with E-state index in [2.05, 4.69) is 52.8 Å². The molecule has 1 saturated heterocycles. The Kier molecular flexibility index (Phi) is 5.19. The van der Waals surface area contributed by atoms with E-state index in [1.807, 2.05) is 29.9 Å². The zero-order valence-electron chi connectivity index (χ0n) is 19.3. The summed E-state index contributed by atoms with van der Waals surface area (Å²) < 4.78 is 3.96. The lowest BCUT2D eigenvalue weighted by Crippen LogP contribution is -2.38. The zero-order valence-corrected chi connectivity index (χ0v) is 19.3. The van der Waals surface area contributed by atoms with Gasteiger partial charge in [0.2, 0.25) is 5.91 Å². The number of aromatic nitrogens is 5. The first-order chi connectivity index (χ1) is 15.4. The third-order valence-corrected chi connectivity index (χ3v) is 6.96. The van der Waals surface area contributed by atoms with E-state index in [1.165, 1.54) is 11.1 Å². The molecule has 1 aliphatic heterocycles. The van der Waals surface area contributed by atoms with Crippen LogP contribution in [0.15, 0.2) is 30.6 Å². The second kappa shape index (κ2) is 8.04. The summed E-state index contributed by atoms with van der Waals surface area (Å²) in [5, 5.41) is 5.59. The van der Waals surface area contributed by atoms with Crippen molar-refractivity contribution in [3.63, 3.8) is 0 Å². The maximum absolute atomic E-state index is 12.9. The van der Waals surface area contributed by atoms with Gasteiger partial charge in [0.05, 0.1) is 23.1 Å². The molecule has 0 radical (unpaired) electrons. The fraction of sp³-hybridized carbons (Fsp3) is 0.440. The van der Waals surface area contributed by atoms with Crippen molar-refractivity contribution in [3.05, 3.63) is 53.1 Å². The number of fused-ring (bicyclic) bond motifs is 2. The number of hydrogen-bond donors (Lipinski definition) is 0. The Morgan fingerprint density at radius 2 is 1.84 bits per heavy atom. The van der Waals surface area contributed by atoms with Gasteiger partial charge in [0.15, 0.2) is 5.65 Å². The number of carbonyl (C=O) groups excluding carboxylic acids is 1. The lowest BCUT2D eigenvalue weighted by atomic mass is 9.92. The number of aryl methyl sites for hydroxylation is 5. The van der Waals surface area contributed by atoms with Gasteiger partial charge in [-0.3, -0.25) is 9.48 Å². The molecule has 1 fully saturated rings. The molecule has 0 saturated carbocycles. The maximum Gasteiger partial charge on any atom is 0.224 e. The number of piperidine rings is 1. The Morgan fingerprint density at radius 3 is 2.62 bits per heavy atom. The second-order valence-electron chi connectivity index (χ2n) is 9.08. The number of rotatable bonds is 4. The predicted molar refractivity (Wildman–Crippen MR) is 126 cm³/mol. The van der Waals surface area contributed by atoms with Crippen LogP contribution in [-0.4, -0.2) is 48.2 Å². The molecule has 0 spiro atoms. The van der Waals surface area contributed by atoms with E-state index < -0.39 is 0 Å². The number of imidazole rings is 1. The minimum Gasteiger partial charge on any atom is -0.343 e. The van der Waals surface area contributed by atoms with E-state index in [0.717, 1.165) is 59.4 Å². The van der Waals surface area contributed by atoms with Crippen LogP contribution in [-0.2, 0) is 18.4 Å². The predicted octanol–water partition coefficient (Wildman–Crippen LogP) is 4.04. The molecule has 4 aromatic rings. The SMILES string of the molecule is Cc1cc2ncn(CCC(=O)N3CCC(c4ccc5c(C)nn(C)c5n4)CC3)c2cc1C. The van der Waals surface area contributed by atoms with Crippen molar-refractivity contribution < 1.29 is 4.79 Å². The highest BCUT2D eigenvalue weighted by Crippen LogP contribution is 2.29. The molecule has 166 valence electrons. The van der Waals surface area contributed by atoms with Crippen LogP contribution in [0.1, 0.15) is 47.7 Å². The van der Waals surface area contributed by atoms with Gasteiger partial charge in [0.25, 0.3) is 0 Å². The van der Waals surface area contributed by atoms with E-state index in [9.17, 15) is 4.79 Å². The fourth-order valence-electron chi connectivity index (χ4n) is 4.84. The van der Waals surface area contributed by atoms with E-state index in [4.69, 9.17) is 4.98 Å². The topological polar surface area (TPSA) is 68.8 Å². The average molecular weight is 431 g/mol. The molecule has 0 N–H and O–H groups in total. The van der Waals surface area contributed by atoms with Gasteiger partial charge in [0, 0.05) is 50.1 Å². The van der Waals surface area contributed by atoms with E-state index in [1.54, 1.807) is 0 Å². The van der Waals surface area contributed by atoms with Crippen molar-refractivity contribution in [2.24, 2.45) is 7.05 Å². The molecule has 32 heavy (non-hydrogen) atoms. The van der Waals surface area contributed by atoms with Crippen molar-refractivity contribution in [1.29, 1.82) is 0 Å². The minimum atomic E-state index is 0.222. The first-order valence-corrected chi connectivity index (χ1v) is 11.4. The maximum atomic E-state index is 12.9. The van der Waals surface area contributed by atoms with Gasteiger partial charge >= 0.3 is 0 Å². The highest BCUT2D eigenvalue weighted by atomic mass is 16.2. The fourth-order valence-corrected chi connectivity index (χ4v) is 4.84. The first-order valence-electron chi connectivity index (χ1n) is 11.4. The van der Waals surface area contributed by atoms with Crippen LogP contribution >= 0.6 is 0 Å². The highest BCUT2D eigenvalue weighted by Gasteiger charge is 2.25. The molecular formula is C25H30N6O. The van der Waals surface area contributed by atoms with E-state index in [0.29, 0.717) is 18.9 Å². The minimum absolute atomic E-state index is 0.222. The van der Waals surface area contributed by atoms with E-state index in [-0.39, 0.29) is 5.91 Å². The van der Waals surface area contributed by atoms with Gasteiger partial charge in [-0.2, -0.15) is 5.10 Å². The number of amides is 1. The van der Waals surface area contributed by atoms with Gasteiger partial charge in [-0.15, -0.1) is 0 Å². The van der Waals surface area contributed by atoms with Crippen LogP contribution in [0, 0.1) is 20.8 Å². The molecule has 7 heteroatoms. The number of carbonyl (C=O) groups is 1. The van der Waals surface area contributed by atoms with Gasteiger partial charge in [-0.1, -0.05) is 0 Å². The highest BCUT2D eigenvalue weighted by molar-refractivity contribution is 5.79. The molecule has 3 aromatic heterocycles. The number of pyridine rings is 1. The second-order valence-corrected chi connectivity index (χ2v) is 9.08. The monoisotopic (exact) mass is 430 g/mol. The Balaban J connectivity index is 1.21. The Hall–Kier alpha value is -3.22. The molecule has 0 unspecified atom stereocenters. The summed E-state index contributed by atoms with van der Waals surface area (Å²) in [4.78, 5) is 24.3. The smallest absolute Gasteiger partial charge is 0.224 e. The van der Waals surface area contributed by atoms with Crippen LogP contribution < -0.4 is 0 Å². The van der Waals surface area contributed by atoms with Crippen molar-refractivity contribution in [2.75, 3.05) is 13.1 Å². The zero-order chi connectivity index (χ0) is 22.4. The van der Waals surface area contributed by atoms with Crippen LogP contribution in [0.25, 0.3) is 22.1 Å². The normalized spacial score (nSPS) is 15.2. The Labute approximate surface area is 188 Å². The van der Waals surface area contributed by atoms with Crippen molar-refractivity contribution in [3.8, 4) is 0 Å². The summed E-state index contributed by atoms with van der Waals surface area (Å²) in [6.45, 7) is 8.47. The molecule has 0 aliphatic carbocycles. The lowest BCUT2D eigenvalue weighted by Gasteiger charge is -2.32. The number of nitrogens with zero attached hydrogens (tertiary/aromatic N) is 6. The van der Waals surface area contributed by atoms with Crippen LogP contribution in [0.4, 0.5) is 0 Å². The number of benzene rings is 1. The Bertz CT molecular complexity index is 1310. The first kappa shape index (κ1) is 20.7. The summed E-state index contributed by atoms with van der Waals surface area (Å²) in [5.41, 5.74) is 7.66. The van der Waals surface area contributed by atoms with Gasteiger partial charge in [-0.25, -0.2) is 9.97 Å². The van der Waals surface area contributed by atoms with Crippen molar-refractivity contribution in [1.82, 2.24) is 29.2 Å². The van der Waals surface area contributed by atoms with Crippen LogP contribution in [0.3, 0.4) is 0 Å². The molecular weight excluding hydrogens is 400 g/mol. The van der Waals surface area contributed by atoms with Gasteiger partial charge < -0.3 is 9.47 Å². The summed E-state index contributed by atoms with van der Waals surface area (Å²) in [6.07, 6.45) is 4.26. The molecule has 4 heterocycles. The van der Waals surface area contributed by atoms with Crippen LogP contribution in [0.5, 0.6) is 0 Å². The largest absolute Gasteiger partial charge is 0.343 e. The molecule has 1 aromatic carbocycles. The van der Waals surface area contributed by atoms with E-state index >= 15 is 0 Å². The molecule has 0 atom stereocenters. The third kappa shape index (κ3) is 3.66. The van der Waals surface area contributed by atoms with Crippen molar-refractivity contribution in [2.45, 2.75) is 52.5 Å². The average Bonchev–Trinajstić information content (AvgIpc) is 3.31. The Morgan fingerprint density at radius 1 is 1.09 bits per heavy atom. The van der Waals surface area contributed by atoms with Gasteiger partial charge in [0.1, 0.15) is 0 Å². The standard InChI is InChI=1S/C25H30N6O/c1-16-13-22-23(14-17(16)2)31(15-26-22)12-9-24(32)30-10-7-19(8-11-30)21-6-5-20-18(3)28-29(4)25(20)27-21/h5-6,13-15,19H,7-12H2,1-4H3. The number of hydrogen-bond acceptors (Lipinski definition) is 4. The number of likely N-dealkylation sites (tertiary alicyclic amines) is 1. The molecule has 1 amide bonds. The molecule has 1 aliphatic rings. The molecule has 0 bridgehead atoms. The van der Waals surface area contributed by atoms with Crippen LogP contribution in [0.2, 0.25) is 0 Å². The van der Waals surface area contributed by atoms with Crippen molar-refractivity contribution >= 4 is 28.0 Å². The quantitative estimate of drug-likeness (QED) is 0.490.